The minimum atomic E-state index is -0.166. The first-order valence-corrected chi connectivity index (χ1v) is 7.22. The SMILES string of the molecule is Cc1cc(C(=O)Nc2ccc(Br)nc2)c2ccccc2n1. The van der Waals surface area contributed by atoms with Gasteiger partial charge in [-0.05, 0) is 47.1 Å². The monoisotopic (exact) mass is 341 g/mol. The van der Waals surface area contributed by atoms with Gasteiger partial charge in [-0.15, -0.1) is 0 Å². The Balaban J connectivity index is 1.99. The molecular weight excluding hydrogens is 330 g/mol. The molecule has 0 radical (unpaired) electrons. The molecule has 0 aliphatic heterocycles. The van der Waals surface area contributed by atoms with Crippen molar-refractivity contribution < 1.29 is 4.79 Å². The number of carbonyl (C=O) groups excluding carboxylic acids is 1. The summed E-state index contributed by atoms with van der Waals surface area (Å²) >= 11 is 3.27. The second-order valence-electron chi connectivity index (χ2n) is 4.65. The van der Waals surface area contributed by atoms with Crippen molar-refractivity contribution in [3.8, 4) is 0 Å². The van der Waals surface area contributed by atoms with E-state index in [-0.39, 0.29) is 5.91 Å². The highest BCUT2D eigenvalue weighted by Crippen LogP contribution is 2.20. The quantitative estimate of drug-likeness (QED) is 0.718. The highest BCUT2D eigenvalue weighted by Gasteiger charge is 2.12. The number of anilines is 1. The molecule has 1 amide bonds. The van der Waals surface area contributed by atoms with Crippen LogP contribution in [0.3, 0.4) is 0 Å². The number of fused-ring (bicyclic) bond motifs is 1. The fourth-order valence-electron chi connectivity index (χ4n) is 2.14. The van der Waals surface area contributed by atoms with Gasteiger partial charge in [-0.2, -0.15) is 0 Å². The molecule has 0 aliphatic carbocycles. The van der Waals surface area contributed by atoms with E-state index < -0.39 is 0 Å². The van der Waals surface area contributed by atoms with E-state index in [0.717, 1.165) is 21.2 Å². The molecule has 2 heterocycles. The molecule has 4 nitrogen and oxygen atoms in total. The molecule has 3 rings (SSSR count). The summed E-state index contributed by atoms with van der Waals surface area (Å²) in [5.74, 6) is -0.166. The average molecular weight is 342 g/mol. The van der Waals surface area contributed by atoms with Crippen LogP contribution in [-0.2, 0) is 0 Å². The number of hydrogen-bond acceptors (Lipinski definition) is 3. The lowest BCUT2D eigenvalue weighted by Crippen LogP contribution is -2.13. The van der Waals surface area contributed by atoms with E-state index in [2.05, 4.69) is 31.2 Å². The molecule has 21 heavy (non-hydrogen) atoms. The molecule has 0 spiro atoms. The number of rotatable bonds is 2. The van der Waals surface area contributed by atoms with E-state index in [1.165, 1.54) is 0 Å². The lowest BCUT2D eigenvalue weighted by molar-refractivity contribution is 0.102. The lowest BCUT2D eigenvalue weighted by Gasteiger charge is -2.09. The minimum Gasteiger partial charge on any atom is -0.321 e. The molecule has 0 fully saturated rings. The smallest absolute Gasteiger partial charge is 0.256 e. The lowest BCUT2D eigenvalue weighted by atomic mass is 10.1. The Morgan fingerprint density at radius 2 is 2.00 bits per heavy atom. The third-order valence-electron chi connectivity index (χ3n) is 3.07. The number of carbonyl (C=O) groups is 1. The number of aryl methyl sites for hydroxylation is 1. The molecule has 0 saturated carbocycles. The molecule has 2 aromatic heterocycles. The first-order chi connectivity index (χ1) is 10.1. The van der Waals surface area contributed by atoms with Gasteiger partial charge in [0, 0.05) is 11.1 Å². The summed E-state index contributed by atoms with van der Waals surface area (Å²) in [6.45, 7) is 1.88. The maximum atomic E-state index is 12.5. The average Bonchev–Trinajstić information content (AvgIpc) is 2.48. The number of halogens is 1. The zero-order chi connectivity index (χ0) is 14.8. The maximum Gasteiger partial charge on any atom is 0.256 e. The number of nitrogens with zero attached hydrogens (tertiary/aromatic N) is 2. The van der Waals surface area contributed by atoms with Gasteiger partial charge in [0.1, 0.15) is 4.60 Å². The number of amides is 1. The number of para-hydroxylation sites is 1. The van der Waals surface area contributed by atoms with Crippen LogP contribution in [0.25, 0.3) is 10.9 Å². The summed E-state index contributed by atoms with van der Waals surface area (Å²) in [4.78, 5) is 21.0. The second-order valence-corrected chi connectivity index (χ2v) is 5.46. The van der Waals surface area contributed by atoms with Gasteiger partial charge in [-0.1, -0.05) is 18.2 Å². The zero-order valence-electron chi connectivity index (χ0n) is 11.3. The Morgan fingerprint density at radius 1 is 1.19 bits per heavy atom. The van der Waals surface area contributed by atoms with E-state index in [1.54, 1.807) is 24.4 Å². The van der Waals surface area contributed by atoms with Crippen LogP contribution >= 0.6 is 15.9 Å². The van der Waals surface area contributed by atoms with E-state index in [0.29, 0.717) is 11.3 Å². The Kier molecular flexibility index (Phi) is 3.66. The molecule has 3 aromatic rings. The van der Waals surface area contributed by atoms with Crippen LogP contribution in [0, 0.1) is 6.92 Å². The molecule has 0 unspecified atom stereocenters. The third-order valence-corrected chi connectivity index (χ3v) is 3.54. The number of pyridine rings is 2. The third kappa shape index (κ3) is 2.92. The molecular formula is C16H12BrN3O. The number of benzene rings is 1. The molecule has 0 aliphatic rings. The van der Waals surface area contributed by atoms with E-state index >= 15 is 0 Å². The predicted octanol–water partition coefficient (Wildman–Crippen LogP) is 3.95. The van der Waals surface area contributed by atoms with Crippen LogP contribution < -0.4 is 5.32 Å². The minimum absolute atomic E-state index is 0.166. The standard InChI is InChI=1S/C16H12BrN3O/c1-10-8-13(12-4-2-3-5-14(12)19-10)16(21)20-11-6-7-15(17)18-9-11/h2-9H,1H3,(H,20,21). The van der Waals surface area contributed by atoms with Gasteiger partial charge in [-0.3, -0.25) is 9.78 Å². The Hall–Kier alpha value is -2.27. The van der Waals surface area contributed by atoms with Gasteiger partial charge >= 0.3 is 0 Å². The van der Waals surface area contributed by atoms with E-state index in [9.17, 15) is 4.79 Å². The first kappa shape index (κ1) is 13.7. The molecule has 1 N–H and O–H groups in total. The Labute approximate surface area is 130 Å². The molecule has 1 aromatic carbocycles. The van der Waals surface area contributed by atoms with Crippen LogP contribution in [0.1, 0.15) is 16.1 Å². The summed E-state index contributed by atoms with van der Waals surface area (Å²) in [6.07, 6.45) is 1.61. The van der Waals surface area contributed by atoms with Gasteiger partial charge in [0.2, 0.25) is 0 Å². The van der Waals surface area contributed by atoms with Gasteiger partial charge < -0.3 is 5.32 Å². The molecule has 0 atom stereocenters. The summed E-state index contributed by atoms with van der Waals surface area (Å²) in [7, 11) is 0. The molecule has 0 bridgehead atoms. The topological polar surface area (TPSA) is 54.9 Å². The van der Waals surface area contributed by atoms with Crippen LogP contribution in [0.4, 0.5) is 5.69 Å². The molecule has 104 valence electrons. The number of aromatic nitrogens is 2. The van der Waals surface area contributed by atoms with E-state index in [1.807, 2.05) is 31.2 Å². The normalized spacial score (nSPS) is 10.6. The van der Waals surface area contributed by atoms with Crippen molar-refractivity contribution in [3.63, 3.8) is 0 Å². The van der Waals surface area contributed by atoms with Gasteiger partial charge in [0.15, 0.2) is 0 Å². The van der Waals surface area contributed by atoms with E-state index in [4.69, 9.17) is 0 Å². The maximum absolute atomic E-state index is 12.5. The second kappa shape index (κ2) is 5.61. The molecule has 5 heteroatoms. The fourth-order valence-corrected chi connectivity index (χ4v) is 2.38. The van der Waals surface area contributed by atoms with Crippen molar-refractivity contribution in [1.82, 2.24) is 9.97 Å². The van der Waals surface area contributed by atoms with Crippen molar-refractivity contribution in [3.05, 3.63) is 64.5 Å². The summed E-state index contributed by atoms with van der Waals surface area (Å²) in [6, 6.07) is 13.0. The van der Waals surface area contributed by atoms with Gasteiger partial charge in [0.25, 0.3) is 5.91 Å². The highest BCUT2D eigenvalue weighted by atomic mass is 79.9. The Bertz CT molecular complexity index is 815. The van der Waals surface area contributed by atoms with Crippen LogP contribution in [-0.4, -0.2) is 15.9 Å². The van der Waals surface area contributed by atoms with Crippen molar-refractivity contribution in [2.45, 2.75) is 6.92 Å². The number of nitrogens with one attached hydrogen (secondary N) is 1. The highest BCUT2D eigenvalue weighted by molar-refractivity contribution is 9.10. The van der Waals surface area contributed by atoms with Crippen LogP contribution in [0.2, 0.25) is 0 Å². The van der Waals surface area contributed by atoms with Crippen molar-refractivity contribution >= 4 is 38.4 Å². The summed E-state index contributed by atoms with van der Waals surface area (Å²) in [5, 5.41) is 3.69. The summed E-state index contributed by atoms with van der Waals surface area (Å²) < 4.78 is 0.728. The van der Waals surface area contributed by atoms with Crippen molar-refractivity contribution in [2.75, 3.05) is 5.32 Å². The zero-order valence-corrected chi connectivity index (χ0v) is 12.9. The van der Waals surface area contributed by atoms with Crippen LogP contribution in [0.5, 0.6) is 0 Å². The van der Waals surface area contributed by atoms with Gasteiger partial charge in [0.05, 0.1) is 23.0 Å². The number of hydrogen-bond donors (Lipinski definition) is 1. The van der Waals surface area contributed by atoms with Gasteiger partial charge in [-0.25, -0.2) is 4.98 Å². The fraction of sp³-hybridized carbons (Fsp3) is 0.0625. The molecule has 0 saturated heterocycles. The first-order valence-electron chi connectivity index (χ1n) is 6.43. The largest absolute Gasteiger partial charge is 0.321 e. The van der Waals surface area contributed by atoms with Crippen molar-refractivity contribution in [1.29, 1.82) is 0 Å². The summed E-state index contributed by atoms with van der Waals surface area (Å²) in [5.41, 5.74) is 2.90. The van der Waals surface area contributed by atoms with Crippen molar-refractivity contribution in [2.24, 2.45) is 0 Å². The predicted molar refractivity (Wildman–Crippen MR) is 86.4 cm³/mol. The Morgan fingerprint density at radius 3 is 2.76 bits per heavy atom. The van der Waals surface area contributed by atoms with Crippen LogP contribution in [0.15, 0.2) is 53.3 Å².